The molecule has 0 aliphatic heterocycles. The number of hydrogen-bond donors (Lipinski definition) is 3. The van der Waals surface area contributed by atoms with Crippen molar-refractivity contribution in [3.63, 3.8) is 0 Å². The van der Waals surface area contributed by atoms with Crippen LogP contribution in [-0.2, 0) is 19.6 Å². The molecule has 2 rings (SSSR count). The standard InChI is InChI=1S/C12H12N6O6S2/c19-10(14-12-16-13-7-25-12)5-6-11(20)15-17-26(23,24)9-4-2-1-3-8(9)18(21)22/h1-4,7,17H,5-6H2,(H,15,20)(H,14,16,19). The number of rotatable bonds is 8. The number of nitrogens with one attached hydrogen (secondary N) is 3. The fourth-order valence-electron chi connectivity index (χ4n) is 1.71. The van der Waals surface area contributed by atoms with E-state index in [1.807, 2.05) is 5.43 Å². The fourth-order valence-corrected chi connectivity index (χ4v) is 3.21. The molecule has 0 saturated heterocycles. The van der Waals surface area contributed by atoms with Crippen molar-refractivity contribution in [1.82, 2.24) is 20.5 Å². The number of nitrogens with zero attached hydrogens (tertiary/aromatic N) is 3. The number of hydrazine groups is 1. The molecule has 3 N–H and O–H groups in total. The first-order chi connectivity index (χ1) is 12.3. The van der Waals surface area contributed by atoms with Crippen LogP contribution in [0.25, 0.3) is 0 Å². The summed E-state index contributed by atoms with van der Waals surface area (Å²) >= 11 is 1.10. The van der Waals surface area contributed by atoms with Gasteiger partial charge >= 0.3 is 0 Å². The lowest BCUT2D eigenvalue weighted by Gasteiger charge is -2.08. The maximum atomic E-state index is 12.1. The minimum atomic E-state index is -4.35. The van der Waals surface area contributed by atoms with Crippen LogP contribution in [0.3, 0.4) is 0 Å². The Balaban J connectivity index is 1.88. The number of hydrogen-bond acceptors (Lipinski definition) is 9. The molecule has 1 aromatic carbocycles. The highest BCUT2D eigenvalue weighted by Crippen LogP contribution is 2.22. The molecule has 0 spiro atoms. The zero-order chi connectivity index (χ0) is 19.2. The van der Waals surface area contributed by atoms with Crippen molar-refractivity contribution in [2.75, 3.05) is 5.32 Å². The van der Waals surface area contributed by atoms with Crippen molar-refractivity contribution in [2.45, 2.75) is 17.7 Å². The van der Waals surface area contributed by atoms with E-state index >= 15 is 0 Å². The number of anilines is 1. The second-order valence-corrected chi connectivity index (χ2v) is 7.15. The first-order valence-corrected chi connectivity index (χ1v) is 9.26. The molecule has 0 fully saturated rings. The van der Waals surface area contributed by atoms with Gasteiger partial charge in [0.1, 0.15) is 5.51 Å². The summed E-state index contributed by atoms with van der Waals surface area (Å²) in [6, 6.07) is 4.67. The van der Waals surface area contributed by atoms with Gasteiger partial charge in [-0.2, -0.15) is 0 Å². The van der Waals surface area contributed by atoms with Gasteiger partial charge in [-0.1, -0.05) is 23.5 Å². The predicted molar refractivity (Wildman–Crippen MR) is 89.3 cm³/mol. The SMILES string of the molecule is O=C(CCC(=O)Nc1nncs1)NNS(=O)(=O)c1ccccc1[N+](=O)[O-]. The van der Waals surface area contributed by atoms with Crippen molar-refractivity contribution in [3.8, 4) is 0 Å². The van der Waals surface area contributed by atoms with Gasteiger partial charge < -0.3 is 5.32 Å². The van der Waals surface area contributed by atoms with Gasteiger partial charge in [0.05, 0.1) is 4.92 Å². The smallest absolute Gasteiger partial charge is 0.289 e. The topological polar surface area (TPSA) is 173 Å². The molecule has 14 heteroatoms. The number of nitro benzene ring substituents is 1. The van der Waals surface area contributed by atoms with Crippen LogP contribution in [0.5, 0.6) is 0 Å². The summed E-state index contributed by atoms with van der Waals surface area (Å²) in [7, 11) is -4.35. The number of aromatic nitrogens is 2. The molecule has 0 aliphatic rings. The van der Waals surface area contributed by atoms with Crippen molar-refractivity contribution < 1.29 is 22.9 Å². The van der Waals surface area contributed by atoms with Crippen LogP contribution >= 0.6 is 11.3 Å². The Bertz CT molecular complexity index is 914. The molecule has 1 heterocycles. The molecule has 0 radical (unpaired) electrons. The molecule has 0 unspecified atom stereocenters. The number of carbonyl (C=O) groups is 2. The Hall–Kier alpha value is -2.97. The third-order valence-corrected chi connectivity index (χ3v) is 4.76. The Morgan fingerprint density at radius 1 is 1.19 bits per heavy atom. The molecule has 0 bridgehead atoms. The van der Waals surface area contributed by atoms with Gasteiger partial charge in [-0.25, -0.2) is 8.42 Å². The van der Waals surface area contributed by atoms with Crippen LogP contribution in [0.15, 0.2) is 34.7 Å². The molecule has 0 atom stereocenters. The number of nitro groups is 1. The number of carbonyl (C=O) groups excluding carboxylic acids is 2. The molecule has 12 nitrogen and oxygen atoms in total. The molecule has 2 aromatic rings. The molecule has 0 aliphatic carbocycles. The molecule has 1 aromatic heterocycles. The van der Waals surface area contributed by atoms with Crippen molar-refractivity contribution in [1.29, 1.82) is 0 Å². The number of amides is 2. The second kappa shape index (κ2) is 8.41. The minimum absolute atomic E-state index is 0.224. The summed E-state index contributed by atoms with van der Waals surface area (Å²) in [5.41, 5.74) is 2.68. The van der Waals surface area contributed by atoms with E-state index in [9.17, 15) is 28.1 Å². The second-order valence-electron chi connectivity index (χ2n) is 4.67. The number of sulfonamides is 1. The van der Waals surface area contributed by atoms with Gasteiger partial charge in [0.25, 0.3) is 15.7 Å². The van der Waals surface area contributed by atoms with E-state index in [1.54, 1.807) is 4.83 Å². The largest absolute Gasteiger partial charge is 0.301 e. The van der Waals surface area contributed by atoms with Crippen molar-refractivity contribution in [3.05, 3.63) is 39.9 Å². The van der Waals surface area contributed by atoms with Gasteiger partial charge in [-0.15, -0.1) is 15.0 Å². The van der Waals surface area contributed by atoms with E-state index in [0.29, 0.717) is 0 Å². The van der Waals surface area contributed by atoms with Gasteiger partial charge in [-0.3, -0.25) is 25.1 Å². The molecule has 0 saturated carbocycles. The summed E-state index contributed by atoms with van der Waals surface area (Å²) < 4.78 is 24.2. The summed E-state index contributed by atoms with van der Waals surface area (Å²) in [5.74, 6) is -1.29. The van der Waals surface area contributed by atoms with Crippen LogP contribution in [-0.4, -0.2) is 35.4 Å². The van der Waals surface area contributed by atoms with E-state index in [0.717, 1.165) is 23.5 Å². The maximum Gasteiger partial charge on any atom is 0.289 e. The third-order valence-electron chi connectivity index (χ3n) is 2.86. The number of benzene rings is 1. The lowest BCUT2D eigenvalue weighted by molar-refractivity contribution is -0.387. The van der Waals surface area contributed by atoms with Gasteiger partial charge in [0.2, 0.25) is 16.9 Å². The van der Waals surface area contributed by atoms with Crippen molar-refractivity contribution >= 4 is 44.0 Å². The monoisotopic (exact) mass is 400 g/mol. The lowest BCUT2D eigenvalue weighted by atomic mass is 10.3. The Morgan fingerprint density at radius 2 is 1.88 bits per heavy atom. The molecule has 2 amide bonds. The normalized spacial score (nSPS) is 10.9. The van der Waals surface area contributed by atoms with E-state index in [4.69, 9.17) is 0 Å². The fraction of sp³-hybridized carbons (Fsp3) is 0.167. The zero-order valence-electron chi connectivity index (χ0n) is 12.9. The quantitative estimate of drug-likeness (QED) is 0.415. The highest BCUT2D eigenvalue weighted by Gasteiger charge is 2.25. The van der Waals surface area contributed by atoms with E-state index in [2.05, 4.69) is 15.5 Å². The average Bonchev–Trinajstić information content (AvgIpc) is 3.11. The molecule has 26 heavy (non-hydrogen) atoms. The Kier molecular flexibility index (Phi) is 6.26. The van der Waals surface area contributed by atoms with Crippen LogP contribution < -0.4 is 15.6 Å². The van der Waals surface area contributed by atoms with Crippen LogP contribution in [0.1, 0.15) is 12.8 Å². The zero-order valence-corrected chi connectivity index (χ0v) is 14.5. The molecular formula is C12H12N6O6S2. The highest BCUT2D eigenvalue weighted by atomic mass is 32.2. The van der Waals surface area contributed by atoms with Gasteiger partial charge in [0, 0.05) is 18.9 Å². The lowest BCUT2D eigenvalue weighted by Crippen LogP contribution is -2.41. The molecule has 138 valence electrons. The minimum Gasteiger partial charge on any atom is -0.301 e. The van der Waals surface area contributed by atoms with Crippen LogP contribution in [0.4, 0.5) is 10.8 Å². The first kappa shape index (κ1) is 19.4. The predicted octanol–water partition coefficient (Wildman–Crippen LogP) is 0.175. The number of para-hydroxylation sites is 1. The summed E-state index contributed by atoms with van der Waals surface area (Å²) in [6.45, 7) is 0. The van der Waals surface area contributed by atoms with Gasteiger partial charge in [-0.05, 0) is 6.07 Å². The van der Waals surface area contributed by atoms with Gasteiger partial charge in [0.15, 0.2) is 4.90 Å². The highest BCUT2D eigenvalue weighted by molar-refractivity contribution is 7.89. The summed E-state index contributed by atoms with van der Waals surface area (Å²) in [5, 5.41) is 20.7. The van der Waals surface area contributed by atoms with E-state index < -0.39 is 37.3 Å². The Morgan fingerprint density at radius 3 is 2.54 bits per heavy atom. The van der Waals surface area contributed by atoms with Crippen molar-refractivity contribution in [2.24, 2.45) is 0 Å². The average molecular weight is 400 g/mol. The Labute approximate surface area is 150 Å². The molecular weight excluding hydrogens is 388 g/mol. The van der Waals surface area contributed by atoms with E-state index in [1.165, 1.54) is 17.6 Å². The van der Waals surface area contributed by atoms with Crippen LogP contribution in [0, 0.1) is 10.1 Å². The van der Waals surface area contributed by atoms with E-state index in [-0.39, 0.29) is 18.0 Å². The summed E-state index contributed by atoms with van der Waals surface area (Å²) in [6.07, 6.45) is -0.539. The summed E-state index contributed by atoms with van der Waals surface area (Å²) in [4.78, 5) is 34.5. The first-order valence-electron chi connectivity index (χ1n) is 6.89. The third kappa shape index (κ3) is 5.27. The van der Waals surface area contributed by atoms with Crippen LogP contribution in [0.2, 0.25) is 0 Å². The maximum absolute atomic E-state index is 12.1.